The number of carbonyl (C=O) groups is 1. The Labute approximate surface area is 215 Å². The third kappa shape index (κ3) is 4.71. The smallest absolute Gasteiger partial charge is 0.352 e. The molecule has 0 radical (unpaired) electrons. The maximum Gasteiger partial charge on any atom is 0.437 e. The Morgan fingerprint density at radius 2 is 1.94 bits per heavy atom. The minimum Gasteiger partial charge on any atom is -0.352 e. The molecule has 1 unspecified atom stereocenters. The largest absolute Gasteiger partial charge is 0.437 e. The Hall–Kier alpha value is -2.63. The molecule has 1 N–H and O–H groups in total. The van der Waals surface area contributed by atoms with Gasteiger partial charge in [0.15, 0.2) is 11.3 Å². The zero-order chi connectivity index (χ0) is 25.6. The van der Waals surface area contributed by atoms with E-state index in [4.69, 9.17) is 23.2 Å². The second kappa shape index (κ2) is 9.68. The quantitative estimate of drug-likeness (QED) is 0.534. The van der Waals surface area contributed by atoms with E-state index in [9.17, 15) is 18.0 Å². The molecule has 13 heteroatoms. The molecule has 0 spiro atoms. The summed E-state index contributed by atoms with van der Waals surface area (Å²) in [5.41, 5.74) is -0.872. The van der Waals surface area contributed by atoms with E-state index in [1.807, 2.05) is 9.80 Å². The molecule has 192 valence electrons. The van der Waals surface area contributed by atoms with Crippen LogP contribution in [0.3, 0.4) is 0 Å². The molecular weight excluding hydrogens is 518 g/mol. The van der Waals surface area contributed by atoms with E-state index in [0.29, 0.717) is 47.6 Å². The van der Waals surface area contributed by atoms with Gasteiger partial charge in [0.2, 0.25) is 5.91 Å². The Kier molecular flexibility index (Phi) is 6.73. The predicted octanol–water partition coefficient (Wildman–Crippen LogP) is 4.16. The van der Waals surface area contributed by atoms with Crippen LogP contribution < -0.4 is 10.2 Å². The number of halogens is 5. The van der Waals surface area contributed by atoms with Crippen LogP contribution in [0.1, 0.15) is 37.1 Å². The molecule has 3 aromatic rings. The highest BCUT2D eigenvalue weighted by Crippen LogP contribution is 2.36. The van der Waals surface area contributed by atoms with E-state index in [1.54, 1.807) is 19.1 Å². The Morgan fingerprint density at radius 1 is 1.19 bits per heavy atom. The maximum absolute atomic E-state index is 13.8. The number of fused-ring (bicyclic) bond motifs is 1. The molecular formula is C23H24Cl2F3N7O. The predicted molar refractivity (Wildman–Crippen MR) is 130 cm³/mol. The summed E-state index contributed by atoms with van der Waals surface area (Å²) in [6, 6.07) is 4.01. The van der Waals surface area contributed by atoms with Gasteiger partial charge in [-0.25, -0.2) is 14.6 Å². The van der Waals surface area contributed by atoms with Crippen molar-refractivity contribution in [3.05, 3.63) is 45.7 Å². The van der Waals surface area contributed by atoms with E-state index in [2.05, 4.69) is 20.4 Å². The van der Waals surface area contributed by atoms with Crippen LogP contribution in [0.2, 0.25) is 10.0 Å². The van der Waals surface area contributed by atoms with Crippen LogP contribution in [0.15, 0.2) is 24.4 Å². The number of nitrogens with one attached hydrogen (secondary N) is 1. The second-order valence-corrected chi connectivity index (χ2v) is 9.84. The lowest BCUT2D eigenvalue weighted by molar-refractivity contribution is -0.140. The molecule has 4 heterocycles. The Bertz CT molecular complexity index is 1280. The number of rotatable bonds is 4. The first-order valence-corrected chi connectivity index (χ1v) is 12.4. The van der Waals surface area contributed by atoms with Gasteiger partial charge in [0.1, 0.15) is 11.3 Å². The van der Waals surface area contributed by atoms with Crippen molar-refractivity contribution in [1.82, 2.24) is 30.0 Å². The maximum atomic E-state index is 13.8. The molecule has 2 aliphatic heterocycles. The van der Waals surface area contributed by atoms with Gasteiger partial charge in [0, 0.05) is 36.2 Å². The van der Waals surface area contributed by atoms with Crippen molar-refractivity contribution in [2.75, 3.05) is 37.6 Å². The van der Waals surface area contributed by atoms with Crippen molar-refractivity contribution in [3.8, 4) is 0 Å². The highest BCUT2D eigenvalue weighted by Gasteiger charge is 2.39. The van der Waals surface area contributed by atoms with Gasteiger partial charge in [-0.1, -0.05) is 29.3 Å². The number of benzene rings is 1. The van der Waals surface area contributed by atoms with Gasteiger partial charge < -0.3 is 15.1 Å². The summed E-state index contributed by atoms with van der Waals surface area (Å²) in [5, 5.41) is 7.82. The van der Waals surface area contributed by atoms with Gasteiger partial charge in [-0.05, 0) is 44.0 Å². The number of anilines is 1. The van der Waals surface area contributed by atoms with Crippen LogP contribution >= 0.6 is 23.2 Å². The molecule has 0 aliphatic carbocycles. The first-order valence-electron chi connectivity index (χ1n) is 11.7. The van der Waals surface area contributed by atoms with Crippen molar-refractivity contribution >= 4 is 46.1 Å². The monoisotopic (exact) mass is 541 g/mol. The minimum absolute atomic E-state index is 0.00648. The summed E-state index contributed by atoms with van der Waals surface area (Å²) in [5.74, 6) is 0.521. The SMILES string of the molecule is C[C@H](c1ccc(Cl)cc1Cl)n1nc(C(F)(F)F)c2ncc(N3CCN(C(=O)C4CCCN4)CC3)nc21. The van der Waals surface area contributed by atoms with Crippen molar-refractivity contribution in [2.45, 2.75) is 38.0 Å². The van der Waals surface area contributed by atoms with Crippen LogP contribution in [-0.4, -0.2) is 69.3 Å². The summed E-state index contributed by atoms with van der Waals surface area (Å²) in [6.45, 7) is 4.53. The van der Waals surface area contributed by atoms with Crippen LogP contribution in [0, 0.1) is 0 Å². The first-order chi connectivity index (χ1) is 17.1. The molecule has 1 amide bonds. The lowest BCUT2D eigenvalue weighted by Crippen LogP contribution is -2.53. The molecule has 8 nitrogen and oxygen atoms in total. The van der Waals surface area contributed by atoms with Gasteiger partial charge in [-0.15, -0.1) is 0 Å². The fourth-order valence-corrected chi connectivity index (χ4v) is 5.32. The molecule has 2 fully saturated rings. The fraction of sp³-hybridized carbons (Fsp3) is 0.478. The molecule has 2 aromatic heterocycles. The van der Waals surface area contributed by atoms with Gasteiger partial charge in [0.05, 0.1) is 18.3 Å². The molecule has 5 rings (SSSR count). The number of nitrogens with zero attached hydrogens (tertiary/aromatic N) is 6. The normalized spacial score (nSPS) is 19.8. The summed E-state index contributed by atoms with van der Waals surface area (Å²) in [7, 11) is 0. The number of alkyl halides is 3. The average Bonchev–Trinajstić information content (AvgIpc) is 3.51. The Morgan fingerprint density at radius 3 is 2.58 bits per heavy atom. The number of piperazine rings is 1. The lowest BCUT2D eigenvalue weighted by atomic mass is 10.1. The number of amides is 1. The molecule has 0 saturated carbocycles. The molecule has 1 aromatic carbocycles. The van der Waals surface area contributed by atoms with Gasteiger partial charge in [-0.2, -0.15) is 18.3 Å². The molecule has 2 aliphatic rings. The van der Waals surface area contributed by atoms with Crippen molar-refractivity contribution in [2.24, 2.45) is 0 Å². The third-order valence-electron chi connectivity index (χ3n) is 6.71. The van der Waals surface area contributed by atoms with Crippen molar-refractivity contribution in [1.29, 1.82) is 0 Å². The first kappa shape index (κ1) is 25.0. The van der Waals surface area contributed by atoms with E-state index >= 15 is 0 Å². The van der Waals surface area contributed by atoms with E-state index in [1.165, 1.54) is 16.9 Å². The summed E-state index contributed by atoms with van der Waals surface area (Å²) in [4.78, 5) is 25.1. The number of aromatic nitrogens is 4. The molecule has 0 bridgehead atoms. The summed E-state index contributed by atoms with van der Waals surface area (Å²) < 4.78 is 42.6. The lowest BCUT2D eigenvalue weighted by Gasteiger charge is -2.36. The van der Waals surface area contributed by atoms with E-state index < -0.39 is 17.9 Å². The number of hydrogen-bond donors (Lipinski definition) is 1. The highest BCUT2D eigenvalue weighted by molar-refractivity contribution is 6.35. The van der Waals surface area contributed by atoms with Gasteiger partial charge >= 0.3 is 6.18 Å². The van der Waals surface area contributed by atoms with Gasteiger partial charge in [0.25, 0.3) is 0 Å². The van der Waals surface area contributed by atoms with Crippen LogP contribution in [0.25, 0.3) is 11.2 Å². The highest BCUT2D eigenvalue weighted by atomic mass is 35.5. The topological polar surface area (TPSA) is 79.2 Å². The zero-order valence-electron chi connectivity index (χ0n) is 19.4. The summed E-state index contributed by atoms with van der Waals surface area (Å²) in [6.07, 6.45) is -1.55. The van der Waals surface area contributed by atoms with Gasteiger partial charge in [-0.3, -0.25) is 4.79 Å². The Balaban J connectivity index is 1.45. The van der Waals surface area contributed by atoms with Crippen LogP contribution in [0.4, 0.5) is 19.0 Å². The molecule has 2 atom stereocenters. The standard InChI is InChI=1S/C23H24Cl2F3N7O/c1-13(15-5-4-14(24)11-16(15)25)35-21-19(20(32-35)23(26,27)28)30-12-18(31-21)33-7-9-34(10-8-33)22(36)17-3-2-6-29-17/h4-5,11-13,17,29H,2-3,6-10H2,1H3/t13-,17?/m1/s1. The minimum atomic E-state index is -4.70. The van der Waals surface area contributed by atoms with Crippen molar-refractivity contribution in [3.63, 3.8) is 0 Å². The van der Waals surface area contributed by atoms with Crippen molar-refractivity contribution < 1.29 is 18.0 Å². The second-order valence-electron chi connectivity index (χ2n) is 8.99. The third-order valence-corrected chi connectivity index (χ3v) is 7.27. The molecule has 2 saturated heterocycles. The van der Waals surface area contributed by atoms with E-state index in [-0.39, 0.29) is 23.1 Å². The molecule has 36 heavy (non-hydrogen) atoms. The average molecular weight is 542 g/mol. The zero-order valence-corrected chi connectivity index (χ0v) is 20.9. The number of carbonyl (C=O) groups excluding carboxylic acids is 1. The van der Waals surface area contributed by atoms with E-state index in [0.717, 1.165) is 19.4 Å². The number of hydrogen-bond acceptors (Lipinski definition) is 6. The summed E-state index contributed by atoms with van der Waals surface area (Å²) >= 11 is 12.3. The van der Waals surface area contributed by atoms with Crippen LogP contribution in [-0.2, 0) is 11.0 Å². The van der Waals surface area contributed by atoms with Crippen LogP contribution in [0.5, 0.6) is 0 Å². The fourth-order valence-electron chi connectivity index (χ4n) is 4.76.